The molecular weight excluding hydrogens is 294 g/mol. The van der Waals surface area contributed by atoms with E-state index in [0.717, 1.165) is 29.1 Å². The molecule has 3 nitrogen and oxygen atoms in total. The fourth-order valence-corrected chi connectivity index (χ4v) is 4.04. The van der Waals surface area contributed by atoms with Crippen LogP contribution in [0.2, 0.25) is 5.02 Å². The molecule has 3 rings (SSSR count). The van der Waals surface area contributed by atoms with E-state index in [-0.39, 0.29) is 11.9 Å². The maximum absolute atomic E-state index is 12.2. The van der Waals surface area contributed by atoms with Crippen molar-refractivity contribution in [1.29, 1.82) is 0 Å². The number of rotatable bonds is 2. The van der Waals surface area contributed by atoms with Crippen LogP contribution in [0.1, 0.15) is 25.3 Å². The third-order valence-corrected chi connectivity index (χ3v) is 5.37. The summed E-state index contributed by atoms with van der Waals surface area (Å²) in [5.74, 6) is 0.715. The molecule has 2 aliphatic heterocycles. The Kier molecular flexibility index (Phi) is 3.69. The highest BCUT2D eigenvalue weighted by atomic mass is 35.5. The topological polar surface area (TPSA) is 38.3 Å². The largest absolute Gasteiger partial charge is 0.495 e. The van der Waals surface area contributed by atoms with Gasteiger partial charge >= 0.3 is 0 Å². The Balaban J connectivity index is 1.97. The maximum Gasteiger partial charge on any atom is 0.258 e. The number of amides is 1. The Morgan fingerprint density at radius 2 is 2.30 bits per heavy atom. The predicted molar refractivity (Wildman–Crippen MR) is 81.4 cm³/mol. The Morgan fingerprint density at radius 3 is 3.00 bits per heavy atom. The van der Waals surface area contributed by atoms with Crippen molar-refractivity contribution in [3.63, 3.8) is 0 Å². The van der Waals surface area contributed by atoms with Crippen LogP contribution in [-0.2, 0) is 11.2 Å². The molecule has 1 atom stereocenters. The fourth-order valence-electron chi connectivity index (χ4n) is 2.68. The number of benzene rings is 1. The van der Waals surface area contributed by atoms with Gasteiger partial charge in [-0.05, 0) is 42.5 Å². The summed E-state index contributed by atoms with van der Waals surface area (Å²) < 4.78 is 5.25. The molecule has 2 aliphatic rings. The lowest BCUT2D eigenvalue weighted by atomic mass is 9.93. The van der Waals surface area contributed by atoms with E-state index in [1.54, 1.807) is 7.11 Å². The SMILES string of the molecule is CCC1CC2=C(Sc3cc(OC)c(Cl)cc3C2)C(=O)N1. The van der Waals surface area contributed by atoms with Gasteiger partial charge in [-0.1, -0.05) is 30.3 Å². The highest BCUT2D eigenvalue weighted by Crippen LogP contribution is 2.44. The molecule has 0 bridgehead atoms. The molecule has 1 amide bonds. The molecule has 2 heterocycles. The quantitative estimate of drug-likeness (QED) is 0.908. The van der Waals surface area contributed by atoms with Gasteiger partial charge in [0.05, 0.1) is 17.0 Å². The first-order valence-electron chi connectivity index (χ1n) is 6.69. The van der Waals surface area contributed by atoms with Gasteiger partial charge in [0.15, 0.2) is 0 Å². The molecule has 0 saturated carbocycles. The molecule has 1 aromatic carbocycles. The lowest BCUT2D eigenvalue weighted by molar-refractivity contribution is -0.118. The number of hydrogen-bond donors (Lipinski definition) is 1. The summed E-state index contributed by atoms with van der Waals surface area (Å²) >= 11 is 7.72. The third kappa shape index (κ3) is 2.31. The lowest BCUT2D eigenvalue weighted by Crippen LogP contribution is -2.40. The summed E-state index contributed by atoms with van der Waals surface area (Å²) in [7, 11) is 1.60. The summed E-state index contributed by atoms with van der Waals surface area (Å²) in [4.78, 5) is 14.1. The van der Waals surface area contributed by atoms with E-state index >= 15 is 0 Å². The molecule has 0 spiro atoms. The van der Waals surface area contributed by atoms with Gasteiger partial charge in [-0.3, -0.25) is 4.79 Å². The van der Waals surface area contributed by atoms with Gasteiger partial charge in [0.25, 0.3) is 5.91 Å². The molecule has 1 aromatic rings. The highest BCUT2D eigenvalue weighted by Gasteiger charge is 2.31. The number of carbonyl (C=O) groups is 1. The number of hydrogen-bond acceptors (Lipinski definition) is 3. The summed E-state index contributed by atoms with van der Waals surface area (Å²) in [5.41, 5.74) is 2.42. The minimum absolute atomic E-state index is 0.0580. The monoisotopic (exact) mass is 309 g/mol. The second kappa shape index (κ2) is 5.34. The molecular formula is C15H16ClNO2S. The molecule has 1 unspecified atom stereocenters. The smallest absolute Gasteiger partial charge is 0.258 e. The van der Waals surface area contributed by atoms with E-state index in [0.29, 0.717) is 10.8 Å². The van der Waals surface area contributed by atoms with Crippen molar-refractivity contribution in [3.8, 4) is 5.75 Å². The molecule has 106 valence electrons. The normalized spacial score (nSPS) is 21.1. The van der Waals surface area contributed by atoms with E-state index in [4.69, 9.17) is 16.3 Å². The van der Waals surface area contributed by atoms with Crippen LogP contribution in [0.5, 0.6) is 5.75 Å². The van der Waals surface area contributed by atoms with Crippen molar-refractivity contribution >= 4 is 29.3 Å². The number of carbonyl (C=O) groups excluding carboxylic acids is 1. The van der Waals surface area contributed by atoms with Crippen molar-refractivity contribution in [2.24, 2.45) is 0 Å². The van der Waals surface area contributed by atoms with Crippen LogP contribution in [-0.4, -0.2) is 19.1 Å². The van der Waals surface area contributed by atoms with Crippen molar-refractivity contribution in [2.75, 3.05) is 7.11 Å². The minimum atomic E-state index is 0.0580. The molecule has 0 fully saturated rings. The zero-order chi connectivity index (χ0) is 14.3. The van der Waals surface area contributed by atoms with Crippen LogP contribution in [0.3, 0.4) is 0 Å². The fraction of sp³-hybridized carbons (Fsp3) is 0.400. The summed E-state index contributed by atoms with van der Waals surface area (Å²) in [6.07, 6.45) is 2.71. The van der Waals surface area contributed by atoms with Gasteiger partial charge in [0.2, 0.25) is 0 Å². The molecule has 0 radical (unpaired) electrons. The van der Waals surface area contributed by atoms with Crippen molar-refractivity contribution < 1.29 is 9.53 Å². The number of fused-ring (bicyclic) bond motifs is 1. The number of nitrogens with one attached hydrogen (secondary N) is 1. The maximum atomic E-state index is 12.2. The first-order valence-corrected chi connectivity index (χ1v) is 7.89. The number of thioether (sulfide) groups is 1. The average Bonchev–Trinajstić information content (AvgIpc) is 2.44. The minimum Gasteiger partial charge on any atom is -0.495 e. The standard InChI is InChI=1S/C15H16ClNO2S/c1-3-10-5-9-4-8-6-11(16)12(19-2)7-13(8)20-14(9)15(18)17-10/h6-7,10H,3-5H2,1-2H3,(H,17,18). The van der Waals surface area contributed by atoms with Crippen LogP contribution in [0.25, 0.3) is 0 Å². The number of ether oxygens (including phenoxy) is 1. The van der Waals surface area contributed by atoms with E-state index in [1.807, 2.05) is 12.1 Å². The first kappa shape index (κ1) is 13.8. The number of halogens is 1. The Morgan fingerprint density at radius 1 is 1.50 bits per heavy atom. The van der Waals surface area contributed by atoms with Crippen LogP contribution in [0.15, 0.2) is 27.5 Å². The van der Waals surface area contributed by atoms with Crippen LogP contribution in [0.4, 0.5) is 0 Å². The van der Waals surface area contributed by atoms with Crippen molar-refractivity contribution in [3.05, 3.63) is 33.2 Å². The summed E-state index contributed by atoms with van der Waals surface area (Å²) in [5, 5.41) is 3.69. The molecule has 1 N–H and O–H groups in total. The van der Waals surface area contributed by atoms with Gasteiger partial charge in [0, 0.05) is 10.9 Å². The molecule has 5 heteroatoms. The van der Waals surface area contributed by atoms with Gasteiger partial charge in [-0.25, -0.2) is 0 Å². The van der Waals surface area contributed by atoms with Gasteiger partial charge in [-0.15, -0.1) is 0 Å². The zero-order valence-electron chi connectivity index (χ0n) is 11.5. The van der Waals surface area contributed by atoms with Crippen molar-refractivity contribution in [2.45, 2.75) is 37.1 Å². The average molecular weight is 310 g/mol. The first-order chi connectivity index (χ1) is 9.62. The lowest BCUT2D eigenvalue weighted by Gasteiger charge is -2.30. The Labute approximate surface area is 127 Å². The Bertz CT molecular complexity index is 612. The van der Waals surface area contributed by atoms with Crippen molar-refractivity contribution in [1.82, 2.24) is 5.32 Å². The summed E-state index contributed by atoms with van der Waals surface area (Å²) in [6, 6.07) is 4.14. The molecule has 0 aliphatic carbocycles. The van der Waals surface area contributed by atoms with E-state index in [9.17, 15) is 4.79 Å². The Hall–Kier alpha value is -1.13. The summed E-state index contributed by atoms with van der Waals surface area (Å²) in [6.45, 7) is 2.10. The predicted octanol–water partition coefficient (Wildman–Crippen LogP) is 3.55. The van der Waals surface area contributed by atoms with Crippen LogP contribution in [0, 0.1) is 0 Å². The molecule has 0 aromatic heterocycles. The number of methoxy groups -OCH3 is 1. The van der Waals surface area contributed by atoms with Gasteiger partial charge < -0.3 is 10.1 Å². The van der Waals surface area contributed by atoms with E-state index < -0.39 is 0 Å². The third-order valence-electron chi connectivity index (χ3n) is 3.80. The van der Waals surface area contributed by atoms with Gasteiger partial charge in [0.1, 0.15) is 5.75 Å². The van der Waals surface area contributed by atoms with E-state index in [1.165, 1.54) is 22.9 Å². The van der Waals surface area contributed by atoms with Gasteiger partial charge in [-0.2, -0.15) is 0 Å². The van der Waals surface area contributed by atoms with Crippen LogP contribution < -0.4 is 10.1 Å². The molecule has 20 heavy (non-hydrogen) atoms. The highest BCUT2D eigenvalue weighted by molar-refractivity contribution is 8.04. The molecule has 0 saturated heterocycles. The second-order valence-electron chi connectivity index (χ2n) is 5.09. The second-order valence-corrected chi connectivity index (χ2v) is 6.55. The van der Waals surface area contributed by atoms with Crippen LogP contribution >= 0.6 is 23.4 Å². The zero-order valence-corrected chi connectivity index (χ0v) is 13.0. The van der Waals surface area contributed by atoms with E-state index in [2.05, 4.69) is 12.2 Å².